The van der Waals surface area contributed by atoms with Crippen LogP contribution >= 0.6 is 0 Å². The van der Waals surface area contributed by atoms with Gasteiger partial charge in [0.2, 0.25) is 0 Å². The molecule has 1 heterocycles. The summed E-state index contributed by atoms with van der Waals surface area (Å²) in [4.78, 5) is 14.9. The van der Waals surface area contributed by atoms with Gasteiger partial charge in [-0.25, -0.2) is 4.98 Å². The summed E-state index contributed by atoms with van der Waals surface area (Å²) in [5, 5.41) is 8.74. The highest BCUT2D eigenvalue weighted by Crippen LogP contribution is 2.11. The Morgan fingerprint density at radius 1 is 1.39 bits per heavy atom. The molecule has 18 heavy (non-hydrogen) atoms. The Balaban J connectivity index is 2.12. The molecule has 0 saturated heterocycles. The number of aryl methyl sites for hydroxylation is 1. The third-order valence-corrected chi connectivity index (χ3v) is 2.75. The zero-order chi connectivity index (χ0) is 13.0. The summed E-state index contributed by atoms with van der Waals surface area (Å²) < 4.78 is 1.94. The monoisotopic (exact) mass is 245 g/mol. The molecule has 5 nitrogen and oxygen atoms in total. The van der Waals surface area contributed by atoms with Gasteiger partial charge in [0.15, 0.2) is 0 Å². The molecule has 0 bridgehead atoms. The van der Waals surface area contributed by atoms with Crippen molar-refractivity contribution in [3.8, 4) is 5.69 Å². The predicted octanol–water partition coefficient (Wildman–Crippen LogP) is 1.22. The number of nitrogens with zero attached hydrogens (tertiary/aromatic N) is 2. The van der Waals surface area contributed by atoms with Crippen LogP contribution in [0.25, 0.3) is 5.69 Å². The maximum atomic E-state index is 10.7. The van der Waals surface area contributed by atoms with Crippen molar-refractivity contribution in [1.29, 1.82) is 0 Å². The molecule has 1 atom stereocenters. The maximum Gasteiger partial charge on any atom is 0.320 e. The molecule has 1 aromatic heterocycles. The Morgan fingerprint density at radius 3 is 2.78 bits per heavy atom. The fourth-order valence-electron chi connectivity index (χ4n) is 1.75. The van der Waals surface area contributed by atoms with E-state index in [1.807, 2.05) is 41.1 Å². The predicted molar refractivity (Wildman–Crippen MR) is 67.5 cm³/mol. The molecule has 2 rings (SSSR count). The van der Waals surface area contributed by atoms with Crippen LogP contribution in [0.5, 0.6) is 0 Å². The number of aromatic nitrogens is 2. The highest BCUT2D eigenvalue weighted by Gasteiger charge is 2.13. The second-order valence-electron chi connectivity index (χ2n) is 4.03. The van der Waals surface area contributed by atoms with Crippen LogP contribution in [0.15, 0.2) is 42.7 Å². The summed E-state index contributed by atoms with van der Waals surface area (Å²) in [7, 11) is 0. The molecule has 2 aromatic rings. The number of rotatable bonds is 5. The Kier molecular flexibility index (Phi) is 3.74. The molecule has 0 saturated carbocycles. The van der Waals surface area contributed by atoms with Crippen LogP contribution in [0.1, 0.15) is 12.2 Å². The van der Waals surface area contributed by atoms with Gasteiger partial charge in [0.05, 0.1) is 0 Å². The molecule has 0 aliphatic heterocycles. The van der Waals surface area contributed by atoms with Crippen molar-refractivity contribution in [2.75, 3.05) is 0 Å². The average Bonchev–Trinajstić information content (AvgIpc) is 2.85. The van der Waals surface area contributed by atoms with Crippen LogP contribution in [-0.2, 0) is 11.2 Å². The second kappa shape index (κ2) is 5.46. The number of carboxylic acid groups (broad SMARTS) is 1. The van der Waals surface area contributed by atoms with E-state index in [9.17, 15) is 4.79 Å². The molecular formula is C13H15N3O2. The van der Waals surface area contributed by atoms with E-state index in [2.05, 4.69) is 4.98 Å². The summed E-state index contributed by atoms with van der Waals surface area (Å²) in [5.74, 6) is -0.161. The van der Waals surface area contributed by atoms with Gasteiger partial charge in [0.25, 0.3) is 0 Å². The SMILES string of the molecule is N[C@H](CCc1nccn1-c1ccccc1)C(=O)O. The molecule has 3 N–H and O–H groups in total. The van der Waals surface area contributed by atoms with E-state index in [0.29, 0.717) is 12.8 Å². The summed E-state index contributed by atoms with van der Waals surface area (Å²) in [6, 6.07) is 8.95. The summed E-state index contributed by atoms with van der Waals surface area (Å²) in [5.41, 5.74) is 6.49. The highest BCUT2D eigenvalue weighted by atomic mass is 16.4. The highest BCUT2D eigenvalue weighted by molar-refractivity contribution is 5.73. The number of hydrogen-bond acceptors (Lipinski definition) is 3. The molecule has 1 aromatic carbocycles. The van der Waals surface area contributed by atoms with E-state index >= 15 is 0 Å². The molecule has 5 heteroatoms. The lowest BCUT2D eigenvalue weighted by Gasteiger charge is -2.09. The first-order chi connectivity index (χ1) is 8.68. The van der Waals surface area contributed by atoms with Gasteiger partial charge in [0, 0.05) is 24.5 Å². The van der Waals surface area contributed by atoms with Gasteiger partial charge in [-0.3, -0.25) is 4.79 Å². The molecule has 0 unspecified atom stereocenters. The van der Waals surface area contributed by atoms with Crippen molar-refractivity contribution in [2.24, 2.45) is 5.73 Å². The van der Waals surface area contributed by atoms with E-state index in [0.717, 1.165) is 11.5 Å². The van der Waals surface area contributed by atoms with Crippen LogP contribution < -0.4 is 5.73 Å². The minimum absolute atomic E-state index is 0.374. The standard InChI is InChI=1S/C13H15N3O2/c14-11(13(17)18)6-7-12-15-8-9-16(12)10-4-2-1-3-5-10/h1-5,8-9,11H,6-7,14H2,(H,17,18)/t11-/m1/s1. The Hall–Kier alpha value is -2.14. The quantitative estimate of drug-likeness (QED) is 0.829. The first-order valence-corrected chi connectivity index (χ1v) is 5.74. The summed E-state index contributed by atoms with van der Waals surface area (Å²) in [6.07, 6.45) is 4.47. The van der Waals surface area contributed by atoms with Crippen molar-refractivity contribution in [2.45, 2.75) is 18.9 Å². The van der Waals surface area contributed by atoms with Crippen LogP contribution in [0.3, 0.4) is 0 Å². The Morgan fingerprint density at radius 2 is 2.11 bits per heavy atom. The number of imidazole rings is 1. The van der Waals surface area contributed by atoms with E-state index in [4.69, 9.17) is 10.8 Å². The molecule has 0 radical (unpaired) electrons. The third-order valence-electron chi connectivity index (χ3n) is 2.75. The zero-order valence-corrected chi connectivity index (χ0v) is 9.86. The summed E-state index contributed by atoms with van der Waals surface area (Å²) >= 11 is 0. The number of hydrogen-bond donors (Lipinski definition) is 2. The molecule has 94 valence electrons. The number of para-hydroxylation sites is 1. The number of carbonyl (C=O) groups is 1. The van der Waals surface area contributed by atoms with Crippen LogP contribution in [0.2, 0.25) is 0 Å². The van der Waals surface area contributed by atoms with Gasteiger partial charge in [-0.2, -0.15) is 0 Å². The minimum atomic E-state index is -0.979. The normalized spacial score (nSPS) is 12.3. The topological polar surface area (TPSA) is 81.1 Å². The van der Waals surface area contributed by atoms with Crippen molar-refractivity contribution in [3.05, 3.63) is 48.5 Å². The lowest BCUT2D eigenvalue weighted by atomic mass is 10.1. The lowest BCUT2D eigenvalue weighted by molar-refractivity contribution is -0.138. The van der Waals surface area contributed by atoms with E-state index < -0.39 is 12.0 Å². The smallest absolute Gasteiger partial charge is 0.320 e. The van der Waals surface area contributed by atoms with Gasteiger partial charge < -0.3 is 15.4 Å². The first kappa shape index (κ1) is 12.3. The van der Waals surface area contributed by atoms with Crippen LogP contribution in [0, 0.1) is 0 Å². The first-order valence-electron chi connectivity index (χ1n) is 5.74. The fourth-order valence-corrected chi connectivity index (χ4v) is 1.75. The minimum Gasteiger partial charge on any atom is -0.480 e. The number of aliphatic carboxylic acids is 1. The molecule has 0 aliphatic carbocycles. The largest absolute Gasteiger partial charge is 0.480 e. The Bertz CT molecular complexity index is 522. The molecule has 0 aliphatic rings. The average molecular weight is 245 g/mol. The summed E-state index contributed by atoms with van der Waals surface area (Å²) in [6.45, 7) is 0. The van der Waals surface area contributed by atoms with Gasteiger partial charge in [-0.1, -0.05) is 18.2 Å². The van der Waals surface area contributed by atoms with E-state index in [1.54, 1.807) is 6.20 Å². The number of benzene rings is 1. The van der Waals surface area contributed by atoms with E-state index in [1.165, 1.54) is 0 Å². The van der Waals surface area contributed by atoms with Gasteiger partial charge in [-0.05, 0) is 18.6 Å². The second-order valence-corrected chi connectivity index (χ2v) is 4.03. The molecule has 0 spiro atoms. The number of carboxylic acids is 1. The van der Waals surface area contributed by atoms with Gasteiger partial charge in [-0.15, -0.1) is 0 Å². The van der Waals surface area contributed by atoms with Gasteiger partial charge in [0.1, 0.15) is 11.9 Å². The van der Waals surface area contributed by atoms with Crippen molar-refractivity contribution < 1.29 is 9.90 Å². The van der Waals surface area contributed by atoms with E-state index in [-0.39, 0.29) is 0 Å². The van der Waals surface area contributed by atoms with Crippen molar-refractivity contribution in [3.63, 3.8) is 0 Å². The maximum absolute atomic E-state index is 10.7. The number of nitrogens with two attached hydrogens (primary N) is 1. The van der Waals surface area contributed by atoms with Crippen molar-refractivity contribution in [1.82, 2.24) is 9.55 Å². The third kappa shape index (κ3) is 2.75. The van der Waals surface area contributed by atoms with Gasteiger partial charge >= 0.3 is 5.97 Å². The van der Waals surface area contributed by atoms with Crippen LogP contribution in [0.4, 0.5) is 0 Å². The van der Waals surface area contributed by atoms with Crippen molar-refractivity contribution >= 4 is 5.97 Å². The Labute approximate surface area is 105 Å². The molecule has 0 fully saturated rings. The molecular weight excluding hydrogens is 230 g/mol. The zero-order valence-electron chi connectivity index (χ0n) is 9.86. The molecule has 0 amide bonds. The van der Waals surface area contributed by atoms with Crippen LogP contribution in [-0.4, -0.2) is 26.7 Å². The lowest BCUT2D eigenvalue weighted by Crippen LogP contribution is -2.30. The fraction of sp³-hybridized carbons (Fsp3) is 0.231.